The summed E-state index contributed by atoms with van der Waals surface area (Å²) >= 11 is 0. The number of hydrogen-bond donors (Lipinski definition) is 1. The summed E-state index contributed by atoms with van der Waals surface area (Å²) in [6, 6.07) is 15.6. The van der Waals surface area contributed by atoms with Crippen LogP contribution in [0.25, 0.3) is 0 Å². The molecular weight excluding hydrogens is 246 g/mol. The van der Waals surface area contributed by atoms with Gasteiger partial charge in [-0.05, 0) is 42.2 Å². The van der Waals surface area contributed by atoms with E-state index in [2.05, 4.69) is 23.4 Å². The SMILES string of the molecule is C#Cc1cccc(NC(=O)C2Cc3ccccc3C2)c1. The van der Waals surface area contributed by atoms with Crippen molar-refractivity contribution in [1.82, 2.24) is 0 Å². The second-order valence-corrected chi connectivity index (χ2v) is 5.09. The number of fused-ring (bicyclic) bond motifs is 1. The molecule has 0 saturated carbocycles. The fourth-order valence-corrected chi connectivity index (χ4v) is 2.68. The molecule has 20 heavy (non-hydrogen) atoms. The number of nitrogens with one attached hydrogen (secondary N) is 1. The summed E-state index contributed by atoms with van der Waals surface area (Å²) in [6.07, 6.45) is 7.00. The highest BCUT2D eigenvalue weighted by Crippen LogP contribution is 2.27. The molecule has 1 amide bonds. The summed E-state index contributed by atoms with van der Waals surface area (Å²) in [6.45, 7) is 0. The molecule has 98 valence electrons. The molecule has 2 nitrogen and oxygen atoms in total. The van der Waals surface area contributed by atoms with Crippen molar-refractivity contribution < 1.29 is 4.79 Å². The summed E-state index contributed by atoms with van der Waals surface area (Å²) in [7, 11) is 0. The lowest BCUT2D eigenvalue weighted by Crippen LogP contribution is -2.23. The van der Waals surface area contributed by atoms with E-state index in [0.29, 0.717) is 0 Å². The van der Waals surface area contributed by atoms with Crippen molar-refractivity contribution in [2.24, 2.45) is 5.92 Å². The van der Waals surface area contributed by atoms with E-state index in [1.807, 2.05) is 36.4 Å². The van der Waals surface area contributed by atoms with Crippen LogP contribution < -0.4 is 5.32 Å². The predicted octanol–water partition coefficient (Wildman–Crippen LogP) is 3.02. The molecule has 1 aliphatic carbocycles. The molecule has 1 N–H and O–H groups in total. The van der Waals surface area contributed by atoms with Gasteiger partial charge < -0.3 is 5.32 Å². The zero-order valence-electron chi connectivity index (χ0n) is 11.1. The minimum Gasteiger partial charge on any atom is -0.326 e. The fourth-order valence-electron chi connectivity index (χ4n) is 2.68. The first-order chi connectivity index (χ1) is 9.76. The van der Waals surface area contributed by atoms with Crippen molar-refractivity contribution in [3.05, 3.63) is 65.2 Å². The Balaban J connectivity index is 1.71. The van der Waals surface area contributed by atoms with E-state index >= 15 is 0 Å². The van der Waals surface area contributed by atoms with Crippen LogP contribution in [0.15, 0.2) is 48.5 Å². The van der Waals surface area contributed by atoms with Crippen LogP contribution in [0.5, 0.6) is 0 Å². The van der Waals surface area contributed by atoms with Gasteiger partial charge in [0.05, 0.1) is 0 Å². The molecule has 2 aromatic rings. The molecule has 1 aliphatic rings. The highest BCUT2D eigenvalue weighted by molar-refractivity contribution is 5.93. The quantitative estimate of drug-likeness (QED) is 0.827. The second-order valence-electron chi connectivity index (χ2n) is 5.09. The molecule has 2 aromatic carbocycles. The van der Waals surface area contributed by atoms with Crippen LogP contribution in [0.1, 0.15) is 16.7 Å². The van der Waals surface area contributed by atoms with E-state index < -0.39 is 0 Å². The summed E-state index contributed by atoms with van der Waals surface area (Å²) in [5.41, 5.74) is 4.11. The fraction of sp³-hybridized carbons (Fsp3) is 0.167. The third-order valence-electron chi connectivity index (χ3n) is 3.72. The van der Waals surface area contributed by atoms with Crippen LogP contribution in [-0.4, -0.2) is 5.91 Å². The molecule has 2 heteroatoms. The molecule has 0 aromatic heterocycles. The Labute approximate surface area is 118 Å². The number of benzene rings is 2. The smallest absolute Gasteiger partial charge is 0.228 e. The number of amides is 1. The van der Waals surface area contributed by atoms with Crippen molar-refractivity contribution in [3.63, 3.8) is 0 Å². The number of carbonyl (C=O) groups excluding carboxylic acids is 1. The number of hydrogen-bond acceptors (Lipinski definition) is 1. The average Bonchev–Trinajstić information content (AvgIpc) is 2.91. The van der Waals surface area contributed by atoms with Crippen LogP contribution in [0, 0.1) is 18.3 Å². The normalized spacial score (nSPS) is 13.6. The molecule has 0 aliphatic heterocycles. The number of terminal acetylenes is 1. The molecule has 0 unspecified atom stereocenters. The van der Waals surface area contributed by atoms with Crippen molar-refractivity contribution in [2.75, 3.05) is 5.32 Å². The van der Waals surface area contributed by atoms with Gasteiger partial charge in [0.2, 0.25) is 5.91 Å². The standard InChI is InChI=1S/C18H15NO/c1-2-13-6-5-9-17(10-13)19-18(20)16-11-14-7-3-4-8-15(14)12-16/h1,3-10,16H,11-12H2,(H,19,20). The number of anilines is 1. The highest BCUT2D eigenvalue weighted by atomic mass is 16.1. The van der Waals surface area contributed by atoms with Gasteiger partial charge in [-0.3, -0.25) is 4.79 Å². The number of carbonyl (C=O) groups is 1. The first kappa shape index (κ1) is 12.5. The summed E-state index contributed by atoms with van der Waals surface area (Å²) in [4.78, 5) is 12.3. The van der Waals surface area contributed by atoms with Crippen LogP contribution in [0.4, 0.5) is 5.69 Å². The predicted molar refractivity (Wildman–Crippen MR) is 80.3 cm³/mol. The zero-order valence-corrected chi connectivity index (χ0v) is 11.1. The monoisotopic (exact) mass is 261 g/mol. The van der Waals surface area contributed by atoms with Gasteiger partial charge in [0, 0.05) is 17.2 Å². The van der Waals surface area contributed by atoms with Gasteiger partial charge in [-0.15, -0.1) is 6.42 Å². The summed E-state index contributed by atoms with van der Waals surface area (Å²) < 4.78 is 0. The largest absolute Gasteiger partial charge is 0.326 e. The topological polar surface area (TPSA) is 29.1 Å². The highest BCUT2D eigenvalue weighted by Gasteiger charge is 2.26. The maximum absolute atomic E-state index is 12.3. The van der Waals surface area contributed by atoms with Gasteiger partial charge in [-0.2, -0.15) is 0 Å². The average molecular weight is 261 g/mol. The Morgan fingerprint density at radius 3 is 2.45 bits per heavy atom. The summed E-state index contributed by atoms with van der Waals surface area (Å²) in [5.74, 6) is 2.65. The second kappa shape index (κ2) is 5.22. The molecule has 0 radical (unpaired) electrons. The Kier molecular flexibility index (Phi) is 3.26. The Morgan fingerprint density at radius 1 is 1.10 bits per heavy atom. The lowest BCUT2D eigenvalue weighted by Gasteiger charge is -2.10. The van der Waals surface area contributed by atoms with Crippen LogP contribution >= 0.6 is 0 Å². The lowest BCUT2D eigenvalue weighted by atomic mass is 10.1. The third-order valence-corrected chi connectivity index (χ3v) is 3.72. The van der Waals surface area contributed by atoms with E-state index in [0.717, 1.165) is 24.1 Å². The Morgan fingerprint density at radius 2 is 1.80 bits per heavy atom. The van der Waals surface area contributed by atoms with Crippen molar-refractivity contribution in [1.29, 1.82) is 0 Å². The van der Waals surface area contributed by atoms with Gasteiger partial charge in [-0.1, -0.05) is 36.3 Å². The van der Waals surface area contributed by atoms with Gasteiger partial charge >= 0.3 is 0 Å². The lowest BCUT2D eigenvalue weighted by molar-refractivity contribution is -0.119. The van der Waals surface area contributed by atoms with E-state index in [1.165, 1.54) is 11.1 Å². The van der Waals surface area contributed by atoms with E-state index in [1.54, 1.807) is 0 Å². The van der Waals surface area contributed by atoms with Gasteiger partial charge in [0.25, 0.3) is 0 Å². The van der Waals surface area contributed by atoms with Gasteiger partial charge in [-0.25, -0.2) is 0 Å². The van der Waals surface area contributed by atoms with Crippen molar-refractivity contribution in [2.45, 2.75) is 12.8 Å². The van der Waals surface area contributed by atoms with E-state index in [9.17, 15) is 4.79 Å². The molecular formula is C18H15NO. The third kappa shape index (κ3) is 2.44. The maximum atomic E-state index is 12.3. The Hall–Kier alpha value is -2.53. The minimum absolute atomic E-state index is 0.0156. The molecule has 0 spiro atoms. The first-order valence-corrected chi connectivity index (χ1v) is 6.70. The van der Waals surface area contributed by atoms with Crippen LogP contribution in [0.2, 0.25) is 0 Å². The van der Waals surface area contributed by atoms with Gasteiger partial charge in [0.1, 0.15) is 0 Å². The van der Waals surface area contributed by atoms with Crippen LogP contribution in [0.3, 0.4) is 0 Å². The molecule has 0 atom stereocenters. The van der Waals surface area contributed by atoms with Crippen molar-refractivity contribution in [3.8, 4) is 12.3 Å². The molecule has 0 saturated heterocycles. The molecule has 0 heterocycles. The molecule has 3 rings (SSSR count). The zero-order chi connectivity index (χ0) is 13.9. The number of rotatable bonds is 2. The maximum Gasteiger partial charge on any atom is 0.228 e. The first-order valence-electron chi connectivity index (χ1n) is 6.70. The minimum atomic E-state index is 0.0156. The van der Waals surface area contributed by atoms with E-state index in [-0.39, 0.29) is 11.8 Å². The molecule has 0 fully saturated rings. The molecule has 0 bridgehead atoms. The Bertz CT molecular complexity index is 672. The van der Waals surface area contributed by atoms with Crippen molar-refractivity contribution >= 4 is 11.6 Å². The van der Waals surface area contributed by atoms with Gasteiger partial charge in [0.15, 0.2) is 0 Å². The van der Waals surface area contributed by atoms with Crippen LogP contribution in [-0.2, 0) is 17.6 Å². The van der Waals surface area contributed by atoms with E-state index in [4.69, 9.17) is 6.42 Å². The summed E-state index contributed by atoms with van der Waals surface area (Å²) in [5, 5.41) is 2.96.